The van der Waals surface area contributed by atoms with E-state index in [1.54, 1.807) is 12.1 Å². The highest BCUT2D eigenvalue weighted by Gasteiger charge is 2.17. The van der Waals surface area contributed by atoms with Crippen LogP contribution in [-0.4, -0.2) is 35.4 Å². The van der Waals surface area contributed by atoms with Gasteiger partial charge in [0.2, 0.25) is 5.91 Å². The number of nitrogens with one attached hydrogen (secondary N) is 1. The summed E-state index contributed by atoms with van der Waals surface area (Å²) in [6, 6.07) is 5.92. The van der Waals surface area contributed by atoms with E-state index >= 15 is 0 Å². The molecule has 1 amide bonds. The molecule has 0 aliphatic carbocycles. The van der Waals surface area contributed by atoms with Crippen LogP contribution in [0.4, 0.5) is 4.39 Å². The Labute approximate surface area is 131 Å². The van der Waals surface area contributed by atoms with Gasteiger partial charge < -0.3 is 10.1 Å². The van der Waals surface area contributed by atoms with Gasteiger partial charge in [-0.25, -0.2) is 9.37 Å². The largest absolute Gasteiger partial charge is 0.486 e. The Bertz CT molecular complexity index is 644. The second kappa shape index (κ2) is 6.85. The van der Waals surface area contributed by atoms with Crippen molar-refractivity contribution < 1.29 is 13.9 Å². The standard InChI is InChI=1S/C15H16FN3O2S/c16-11-1-3-13(4-2-11)21-9-15-18-12(10-22-15)7-19-6-5-17-14(20)8-19/h1-4,10H,5-9H2,(H,17,20). The third-order valence-electron chi connectivity index (χ3n) is 3.28. The molecule has 116 valence electrons. The van der Waals surface area contributed by atoms with Gasteiger partial charge in [-0.2, -0.15) is 0 Å². The number of carbonyl (C=O) groups is 1. The van der Waals surface area contributed by atoms with Crippen molar-refractivity contribution in [3.63, 3.8) is 0 Å². The van der Waals surface area contributed by atoms with E-state index in [2.05, 4.69) is 15.2 Å². The Morgan fingerprint density at radius 2 is 2.18 bits per heavy atom. The van der Waals surface area contributed by atoms with Crippen LogP contribution in [0.2, 0.25) is 0 Å². The van der Waals surface area contributed by atoms with Crippen LogP contribution in [0, 0.1) is 5.82 Å². The smallest absolute Gasteiger partial charge is 0.234 e. The summed E-state index contributed by atoms with van der Waals surface area (Å²) in [5.74, 6) is 0.390. The monoisotopic (exact) mass is 321 g/mol. The number of aromatic nitrogens is 1. The van der Waals surface area contributed by atoms with Crippen molar-refractivity contribution in [2.75, 3.05) is 19.6 Å². The minimum Gasteiger partial charge on any atom is -0.486 e. The highest BCUT2D eigenvalue weighted by atomic mass is 32.1. The Morgan fingerprint density at radius 3 is 2.95 bits per heavy atom. The van der Waals surface area contributed by atoms with E-state index < -0.39 is 0 Å². The number of hydrogen-bond donors (Lipinski definition) is 1. The molecule has 22 heavy (non-hydrogen) atoms. The number of amides is 1. The van der Waals surface area contributed by atoms with Gasteiger partial charge in [-0.15, -0.1) is 11.3 Å². The van der Waals surface area contributed by atoms with E-state index in [-0.39, 0.29) is 11.7 Å². The molecule has 0 spiro atoms. The number of carbonyl (C=O) groups excluding carboxylic acids is 1. The molecule has 2 aromatic rings. The molecule has 1 aliphatic heterocycles. The van der Waals surface area contributed by atoms with E-state index in [1.807, 2.05) is 5.38 Å². The predicted molar refractivity (Wildman–Crippen MR) is 81.1 cm³/mol. The van der Waals surface area contributed by atoms with Crippen LogP contribution in [0.25, 0.3) is 0 Å². The van der Waals surface area contributed by atoms with Crippen LogP contribution in [0.5, 0.6) is 5.75 Å². The fraction of sp³-hybridized carbons (Fsp3) is 0.333. The first-order chi connectivity index (χ1) is 10.7. The Morgan fingerprint density at radius 1 is 1.36 bits per heavy atom. The molecule has 5 nitrogen and oxygen atoms in total. The summed E-state index contributed by atoms with van der Waals surface area (Å²) in [7, 11) is 0. The van der Waals surface area contributed by atoms with Crippen molar-refractivity contribution in [3.05, 3.63) is 46.2 Å². The van der Waals surface area contributed by atoms with Gasteiger partial charge in [0.25, 0.3) is 0 Å². The molecule has 1 aromatic carbocycles. The summed E-state index contributed by atoms with van der Waals surface area (Å²) >= 11 is 1.52. The minimum atomic E-state index is -0.283. The molecule has 0 unspecified atom stereocenters. The van der Waals surface area contributed by atoms with Gasteiger partial charge in [0.15, 0.2) is 0 Å². The summed E-state index contributed by atoms with van der Waals surface area (Å²) in [5, 5.41) is 5.64. The van der Waals surface area contributed by atoms with E-state index in [9.17, 15) is 9.18 Å². The first-order valence-electron chi connectivity index (χ1n) is 7.00. The average Bonchev–Trinajstić information content (AvgIpc) is 2.94. The number of hydrogen-bond acceptors (Lipinski definition) is 5. The lowest BCUT2D eigenvalue weighted by Crippen LogP contribution is -2.47. The lowest BCUT2D eigenvalue weighted by atomic mass is 10.3. The van der Waals surface area contributed by atoms with Crippen LogP contribution in [-0.2, 0) is 17.9 Å². The molecule has 0 atom stereocenters. The van der Waals surface area contributed by atoms with Crippen LogP contribution < -0.4 is 10.1 Å². The van der Waals surface area contributed by atoms with Gasteiger partial charge in [-0.3, -0.25) is 9.69 Å². The fourth-order valence-corrected chi connectivity index (χ4v) is 2.92. The second-order valence-corrected chi connectivity index (χ2v) is 5.98. The maximum absolute atomic E-state index is 12.8. The highest BCUT2D eigenvalue weighted by Crippen LogP contribution is 2.17. The third-order valence-corrected chi connectivity index (χ3v) is 4.15. The maximum atomic E-state index is 12.8. The van der Waals surface area contributed by atoms with Crippen molar-refractivity contribution in [2.24, 2.45) is 0 Å². The van der Waals surface area contributed by atoms with Gasteiger partial charge in [0, 0.05) is 25.0 Å². The number of thiazole rings is 1. The molecule has 1 saturated heterocycles. The summed E-state index contributed by atoms with van der Waals surface area (Å²) in [6.07, 6.45) is 0. The van der Waals surface area contributed by atoms with Crippen LogP contribution in [0.15, 0.2) is 29.6 Å². The summed E-state index contributed by atoms with van der Waals surface area (Å²) in [6.45, 7) is 2.96. The van der Waals surface area contributed by atoms with Gasteiger partial charge >= 0.3 is 0 Å². The second-order valence-electron chi connectivity index (χ2n) is 5.04. The maximum Gasteiger partial charge on any atom is 0.234 e. The van der Waals surface area contributed by atoms with Gasteiger partial charge in [-0.05, 0) is 24.3 Å². The molecule has 0 radical (unpaired) electrons. The predicted octanol–water partition coefficient (Wildman–Crippen LogP) is 1.79. The number of benzene rings is 1. The Kier molecular flexibility index (Phi) is 4.65. The lowest BCUT2D eigenvalue weighted by molar-refractivity contribution is -0.124. The van der Waals surface area contributed by atoms with Crippen LogP contribution in [0.3, 0.4) is 0 Å². The SMILES string of the molecule is O=C1CN(Cc2csc(COc3ccc(F)cc3)n2)CCN1. The molecule has 0 bridgehead atoms. The highest BCUT2D eigenvalue weighted by molar-refractivity contribution is 7.09. The van der Waals surface area contributed by atoms with Gasteiger partial charge in [0.05, 0.1) is 12.2 Å². The number of halogens is 1. The molecular formula is C15H16FN3O2S. The Hall–Kier alpha value is -1.99. The topological polar surface area (TPSA) is 54.5 Å². The average molecular weight is 321 g/mol. The van der Waals surface area contributed by atoms with Gasteiger partial charge in [-0.1, -0.05) is 0 Å². The minimum absolute atomic E-state index is 0.0568. The van der Waals surface area contributed by atoms with E-state index in [0.717, 1.165) is 17.2 Å². The molecule has 1 fully saturated rings. The molecule has 3 rings (SSSR count). The zero-order chi connectivity index (χ0) is 15.4. The summed E-state index contributed by atoms with van der Waals surface area (Å²) < 4.78 is 18.4. The molecule has 7 heteroatoms. The van der Waals surface area contributed by atoms with Crippen molar-refractivity contribution in [1.29, 1.82) is 0 Å². The molecule has 2 heterocycles. The zero-order valence-corrected chi connectivity index (χ0v) is 12.7. The quantitative estimate of drug-likeness (QED) is 0.912. The number of rotatable bonds is 5. The van der Waals surface area contributed by atoms with E-state index in [4.69, 9.17) is 4.74 Å². The lowest BCUT2D eigenvalue weighted by Gasteiger charge is -2.25. The molecule has 1 aromatic heterocycles. The van der Waals surface area contributed by atoms with Crippen LogP contribution >= 0.6 is 11.3 Å². The van der Waals surface area contributed by atoms with Crippen molar-refractivity contribution >= 4 is 17.2 Å². The normalized spacial score (nSPS) is 15.6. The van der Waals surface area contributed by atoms with Crippen molar-refractivity contribution in [2.45, 2.75) is 13.2 Å². The summed E-state index contributed by atoms with van der Waals surface area (Å²) in [5.41, 5.74) is 0.942. The third kappa shape index (κ3) is 4.02. The molecular weight excluding hydrogens is 305 g/mol. The van der Waals surface area contributed by atoms with Crippen molar-refractivity contribution in [1.82, 2.24) is 15.2 Å². The Balaban J connectivity index is 1.52. The number of ether oxygens (including phenoxy) is 1. The first-order valence-corrected chi connectivity index (χ1v) is 7.88. The first kappa shape index (κ1) is 14.9. The van der Waals surface area contributed by atoms with E-state index in [0.29, 0.717) is 32.0 Å². The number of piperazine rings is 1. The van der Waals surface area contributed by atoms with E-state index in [1.165, 1.54) is 23.5 Å². The van der Waals surface area contributed by atoms with Crippen LogP contribution in [0.1, 0.15) is 10.7 Å². The number of nitrogens with zero attached hydrogens (tertiary/aromatic N) is 2. The molecule has 1 N–H and O–H groups in total. The fourth-order valence-electron chi connectivity index (χ4n) is 2.22. The van der Waals surface area contributed by atoms with Gasteiger partial charge in [0.1, 0.15) is 23.2 Å². The zero-order valence-electron chi connectivity index (χ0n) is 11.9. The van der Waals surface area contributed by atoms with Crippen molar-refractivity contribution in [3.8, 4) is 5.75 Å². The molecule has 0 saturated carbocycles. The summed E-state index contributed by atoms with van der Waals surface area (Å²) in [4.78, 5) is 17.9. The molecule has 1 aliphatic rings.